The molecule has 7 heteroatoms. The van der Waals surface area contributed by atoms with Gasteiger partial charge in [0.1, 0.15) is 11.9 Å². The molecule has 0 aliphatic heterocycles. The predicted molar refractivity (Wildman–Crippen MR) is 82.5 cm³/mol. The predicted octanol–water partition coefficient (Wildman–Crippen LogP) is 2.38. The second-order valence-corrected chi connectivity index (χ2v) is 5.35. The summed E-state index contributed by atoms with van der Waals surface area (Å²) in [6, 6.07) is 7.15. The molecule has 0 saturated carbocycles. The largest absolute Gasteiger partial charge is 0.488 e. The number of carbonyl (C=O) groups excluding carboxylic acids is 1. The number of aliphatic carboxylic acids is 1. The van der Waals surface area contributed by atoms with Crippen LogP contribution in [0.25, 0.3) is 0 Å². The Bertz CT molecular complexity index is 482. The molecule has 1 aromatic rings. The molecule has 2 amide bonds. The summed E-state index contributed by atoms with van der Waals surface area (Å²) in [5, 5.41) is 13.7. The average Bonchev–Trinajstić information content (AvgIpc) is 2.44. The van der Waals surface area contributed by atoms with Gasteiger partial charge in [-0.25, -0.2) is 4.79 Å². The maximum atomic E-state index is 11.5. The van der Waals surface area contributed by atoms with E-state index in [2.05, 4.69) is 26.6 Å². The summed E-state index contributed by atoms with van der Waals surface area (Å²) in [6.07, 6.45) is 0.265. The Morgan fingerprint density at radius 1 is 1.33 bits per heavy atom. The van der Waals surface area contributed by atoms with Crippen molar-refractivity contribution in [2.45, 2.75) is 25.9 Å². The van der Waals surface area contributed by atoms with Crippen molar-refractivity contribution in [3.63, 3.8) is 0 Å². The molecular weight excluding hydrogens is 340 g/mol. The van der Waals surface area contributed by atoms with Gasteiger partial charge >= 0.3 is 12.0 Å². The molecule has 1 atom stereocenters. The number of ether oxygens (including phenoxy) is 1. The quantitative estimate of drug-likeness (QED) is 0.622. The molecule has 0 radical (unpaired) electrons. The van der Waals surface area contributed by atoms with Crippen molar-refractivity contribution in [3.8, 4) is 5.75 Å². The maximum Gasteiger partial charge on any atom is 0.314 e. The van der Waals surface area contributed by atoms with E-state index in [1.54, 1.807) is 0 Å². The first-order chi connectivity index (χ1) is 9.99. The summed E-state index contributed by atoms with van der Waals surface area (Å²) < 4.78 is 6.54. The lowest BCUT2D eigenvalue weighted by molar-refractivity contribution is -0.137. The summed E-state index contributed by atoms with van der Waals surface area (Å²) in [7, 11) is 0. The van der Waals surface area contributed by atoms with Crippen LogP contribution in [-0.4, -0.2) is 36.3 Å². The van der Waals surface area contributed by atoms with Gasteiger partial charge in [-0.1, -0.05) is 12.1 Å². The van der Waals surface area contributed by atoms with Gasteiger partial charge in [0.05, 0.1) is 11.0 Å². The Morgan fingerprint density at radius 3 is 2.71 bits per heavy atom. The van der Waals surface area contributed by atoms with Crippen molar-refractivity contribution >= 4 is 27.9 Å². The highest BCUT2D eigenvalue weighted by Gasteiger charge is 2.08. The lowest BCUT2D eigenvalue weighted by Crippen LogP contribution is -2.40. The van der Waals surface area contributed by atoms with Crippen LogP contribution in [0.4, 0.5) is 4.79 Å². The van der Waals surface area contributed by atoms with E-state index in [-0.39, 0.29) is 18.6 Å². The van der Waals surface area contributed by atoms with Crippen LogP contribution in [0, 0.1) is 0 Å². The Kier molecular flexibility index (Phi) is 7.60. The summed E-state index contributed by atoms with van der Waals surface area (Å²) >= 11 is 3.39. The maximum absolute atomic E-state index is 11.5. The molecule has 1 aromatic carbocycles. The number of para-hydroxylation sites is 1. The molecule has 0 spiro atoms. The van der Waals surface area contributed by atoms with E-state index < -0.39 is 5.97 Å². The lowest BCUT2D eigenvalue weighted by atomic mass is 10.3. The molecule has 21 heavy (non-hydrogen) atoms. The standard InChI is InChI=1S/C14H19BrN2O4/c1-10(21-12-6-3-2-5-11(12)15)9-17-14(20)16-8-4-7-13(18)19/h2-3,5-6,10H,4,7-9H2,1H3,(H,18,19)(H2,16,17,20). The first-order valence-corrected chi connectivity index (χ1v) is 7.43. The summed E-state index contributed by atoms with van der Waals surface area (Å²) in [5.41, 5.74) is 0. The van der Waals surface area contributed by atoms with E-state index in [1.165, 1.54) is 0 Å². The van der Waals surface area contributed by atoms with Gasteiger partial charge < -0.3 is 20.5 Å². The van der Waals surface area contributed by atoms with Crippen molar-refractivity contribution in [1.29, 1.82) is 0 Å². The first-order valence-electron chi connectivity index (χ1n) is 6.63. The summed E-state index contributed by atoms with van der Waals surface area (Å²) in [5.74, 6) is -0.152. The zero-order valence-electron chi connectivity index (χ0n) is 11.8. The van der Waals surface area contributed by atoms with E-state index >= 15 is 0 Å². The van der Waals surface area contributed by atoms with Crippen LogP contribution < -0.4 is 15.4 Å². The molecule has 6 nitrogen and oxygen atoms in total. The minimum atomic E-state index is -0.868. The topological polar surface area (TPSA) is 87.7 Å². The number of hydrogen-bond donors (Lipinski definition) is 3. The molecule has 0 aromatic heterocycles. The van der Waals surface area contributed by atoms with E-state index in [0.717, 1.165) is 4.47 Å². The van der Waals surface area contributed by atoms with Crippen LogP contribution in [0.15, 0.2) is 28.7 Å². The van der Waals surface area contributed by atoms with Gasteiger partial charge in [0, 0.05) is 13.0 Å². The van der Waals surface area contributed by atoms with Gasteiger partial charge in [0.2, 0.25) is 0 Å². The molecule has 0 heterocycles. The second kappa shape index (κ2) is 9.23. The molecule has 0 saturated heterocycles. The fraction of sp³-hybridized carbons (Fsp3) is 0.429. The Labute approximate surface area is 132 Å². The van der Waals surface area contributed by atoms with E-state index in [0.29, 0.717) is 25.3 Å². The van der Waals surface area contributed by atoms with Gasteiger partial charge in [-0.2, -0.15) is 0 Å². The lowest BCUT2D eigenvalue weighted by Gasteiger charge is -2.16. The number of halogens is 1. The minimum absolute atomic E-state index is 0.0435. The molecule has 0 aliphatic rings. The number of carbonyl (C=O) groups is 2. The van der Waals surface area contributed by atoms with Gasteiger partial charge in [-0.3, -0.25) is 4.79 Å². The van der Waals surface area contributed by atoms with Crippen molar-refractivity contribution < 1.29 is 19.4 Å². The third kappa shape index (κ3) is 7.55. The fourth-order valence-electron chi connectivity index (χ4n) is 1.54. The number of nitrogens with one attached hydrogen (secondary N) is 2. The SMILES string of the molecule is CC(CNC(=O)NCCCC(=O)O)Oc1ccccc1Br. The smallest absolute Gasteiger partial charge is 0.314 e. The molecular formula is C14H19BrN2O4. The zero-order valence-corrected chi connectivity index (χ0v) is 13.4. The Hall–Kier alpha value is -1.76. The van der Waals surface area contributed by atoms with Crippen LogP contribution in [0.5, 0.6) is 5.75 Å². The number of benzene rings is 1. The van der Waals surface area contributed by atoms with Gasteiger partial charge in [-0.15, -0.1) is 0 Å². The summed E-state index contributed by atoms with van der Waals surface area (Å²) in [4.78, 5) is 21.8. The number of rotatable bonds is 8. The van der Waals surface area contributed by atoms with Crippen molar-refractivity contribution in [2.75, 3.05) is 13.1 Å². The van der Waals surface area contributed by atoms with Crippen LogP contribution in [0.2, 0.25) is 0 Å². The van der Waals surface area contributed by atoms with Gasteiger partial charge in [0.15, 0.2) is 0 Å². The Balaban J connectivity index is 2.20. The highest BCUT2D eigenvalue weighted by molar-refractivity contribution is 9.10. The van der Waals surface area contributed by atoms with E-state index in [4.69, 9.17) is 9.84 Å². The molecule has 1 unspecified atom stereocenters. The second-order valence-electron chi connectivity index (χ2n) is 4.49. The number of carboxylic acids is 1. The normalized spacial score (nSPS) is 11.5. The van der Waals surface area contributed by atoms with Crippen LogP contribution in [-0.2, 0) is 4.79 Å². The van der Waals surface area contributed by atoms with Crippen molar-refractivity contribution in [2.24, 2.45) is 0 Å². The monoisotopic (exact) mass is 358 g/mol. The number of amides is 2. The highest BCUT2D eigenvalue weighted by atomic mass is 79.9. The molecule has 0 bridgehead atoms. The third-order valence-electron chi connectivity index (χ3n) is 2.57. The Morgan fingerprint density at radius 2 is 2.05 bits per heavy atom. The van der Waals surface area contributed by atoms with Crippen LogP contribution in [0.1, 0.15) is 19.8 Å². The molecule has 0 fully saturated rings. The van der Waals surface area contributed by atoms with Gasteiger partial charge in [-0.05, 0) is 41.4 Å². The molecule has 3 N–H and O–H groups in total. The average molecular weight is 359 g/mol. The minimum Gasteiger partial charge on any atom is -0.488 e. The number of hydrogen-bond acceptors (Lipinski definition) is 3. The number of carboxylic acid groups (broad SMARTS) is 1. The fourth-order valence-corrected chi connectivity index (χ4v) is 1.92. The van der Waals surface area contributed by atoms with Crippen LogP contribution in [0.3, 0.4) is 0 Å². The highest BCUT2D eigenvalue weighted by Crippen LogP contribution is 2.24. The van der Waals surface area contributed by atoms with Crippen LogP contribution >= 0.6 is 15.9 Å². The van der Waals surface area contributed by atoms with Crippen molar-refractivity contribution in [3.05, 3.63) is 28.7 Å². The molecule has 116 valence electrons. The molecule has 0 aliphatic carbocycles. The molecule has 1 rings (SSSR count). The summed E-state index contributed by atoms with van der Waals surface area (Å²) in [6.45, 7) is 2.54. The third-order valence-corrected chi connectivity index (χ3v) is 3.22. The zero-order chi connectivity index (χ0) is 15.7. The first kappa shape index (κ1) is 17.3. The van der Waals surface area contributed by atoms with Gasteiger partial charge in [0.25, 0.3) is 0 Å². The van der Waals surface area contributed by atoms with E-state index in [1.807, 2.05) is 31.2 Å². The van der Waals surface area contributed by atoms with Crippen molar-refractivity contribution in [1.82, 2.24) is 10.6 Å². The number of urea groups is 1. The van der Waals surface area contributed by atoms with E-state index in [9.17, 15) is 9.59 Å².